The van der Waals surface area contributed by atoms with Gasteiger partial charge >= 0.3 is 5.97 Å². The number of esters is 1. The van der Waals surface area contributed by atoms with Crippen molar-refractivity contribution in [1.82, 2.24) is 0 Å². The molecule has 0 radical (unpaired) electrons. The summed E-state index contributed by atoms with van der Waals surface area (Å²) < 4.78 is 20.9. The molecule has 7 nitrogen and oxygen atoms in total. The minimum absolute atomic E-state index is 0.0916. The molecule has 0 saturated carbocycles. The number of phenols is 1. The number of carbonyl (C=O) groups excluding carboxylic acids is 1. The van der Waals surface area contributed by atoms with Crippen LogP contribution in [-0.4, -0.2) is 43.8 Å². The highest BCUT2D eigenvalue weighted by Crippen LogP contribution is 2.25. The van der Waals surface area contributed by atoms with Crippen molar-refractivity contribution in [3.63, 3.8) is 0 Å². The molecule has 152 valence electrons. The van der Waals surface area contributed by atoms with Crippen LogP contribution in [0, 0.1) is 0 Å². The van der Waals surface area contributed by atoms with Crippen molar-refractivity contribution >= 4 is 17.3 Å². The summed E-state index contributed by atoms with van der Waals surface area (Å²) in [4.78, 5) is 12.4. The van der Waals surface area contributed by atoms with Gasteiger partial charge in [-0.05, 0) is 35.4 Å². The molecule has 0 aliphatic carbocycles. The Morgan fingerprint density at radius 1 is 1.10 bits per heavy atom. The number of hydrogen-bond donors (Lipinski definition) is 2. The van der Waals surface area contributed by atoms with Crippen LogP contribution in [-0.2, 0) is 14.3 Å². The molecule has 1 aliphatic rings. The maximum absolute atomic E-state index is 12.4. The average Bonchev–Trinajstić information content (AvgIpc) is 2.77. The third-order valence-corrected chi connectivity index (χ3v) is 4.51. The third kappa shape index (κ3) is 4.20. The summed E-state index contributed by atoms with van der Waals surface area (Å²) >= 11 is 0. The number of methoxy groups -OCH3 is 2. The molecule has 0 fully saturated rings. The number of aliphatic hydroxyl groups is 1. The first-order valence-corrected chi connectivity index (χ1v) is 8.84. The number of aromatic hydroxyl groups is 1. The van der Waals surface area contributed by atoms with E-state index in [0.717, 1.165) is 0 Å². The van der Waals surface area contributed by atoms with E-state index in [1.165, 1.54) is 20.3 Å². The van der Waals surface area contributed by atoms with Crippen LogP contribution in [0.15, 0.2) is 48.6 Å². The molecule has 0 bridgehead atoms. The highest BCUT2D eigenvalue weighted by Gasteiger charge is 2.20. The van der Waals surface area contributed by atoms with E-state index in [2.05, 4.69) is 6.58 Å². The van der Waals surface area contributed by atoms with Gasteiger partial charge in [-0.2, -0.15) is 0 Å². The molecule has 2 aromatic carbocycles. The van der Waals surface area contributed by atoms with Crippen molar-refractivity contribution in [2.24, 2.45) is 0 Å². The van der Waals surface area contributed by atoms with Crippen molar-refractivity contribution in [2.75, 3.05) is 27.6 Å². The molecule has 0 amide bonds. The van der Waals surface area contributed by atoms with E-state index in [-0.39, 0.29) is 42.7 Å². The molecule has 2 aromatic rings. The lowest BCUT2D eigenvalue weighted by Crippen LogP contribution is -2.32. The Bertz CT molecular complexity index is 1050. The number of ether oxygens (including phenoxy) is 4. The first-order valence-electron chi connectivity index (χ1n) is 8.84. The van der Waals surface area contributed by atoms with Crippen molar-refractivity contribution in [2.45, 2.75) is 6.42 Å². The van der Waals surface area contributed by atoms with Gasteiger partial charge in [-0.1, -0.05) is 18.7 Å². The van der Waals surface area contributed by atoms with Crippen LogP contribution in [0.3, 0.4) is 0 Å². The van der Waals surface area contributed by atoms with E-state index in [1.807, 2.05) is 0 Å². The van der Waals surface area contributed by atoms with Crippen molar-refractivity contribution in [3.8, 4) is 17.2 Å². The normalized spacial score (nSPS) is 18.1. The van der Waals surface area contributed by atoms with Crippen LogP contribution < -0.4 is 19.9 Å². The second-order valence-electron chi connectivity index (χ2n) is 6.38. The summed E-state index contributed by atoms with van der Waals surface area (Å²) in [6.07, 6.45) is -0.0916. The van der Waals surface area contributed by atoms with Crippen LogP contribution in [0.1, 0.15) is 12.0 Å². The molecule has 1 heterocycles. The van der Waals surface area contributed by atoms with Gasteiger partial charge in [0.25, 0.3) is 0 Å². The zero-order valence-electron chi connectivity index (χ0n) is 16.2. The number of cyclic esters (lactones) is 1. The highest BCUT2D eigenvalue weighted by atomic mass is 16.7. The first-order chi connectivity index (χ1) is 14.0. The van der Waals surface area contributed by atoms with Crippen LogP contribution in [0.25, 0.3) is 11.3 Å². The molecule has 29 heavy (non-hydrogen) atoms. The van der Waals surface area contributed by atoms with Crippen LogP contribution >= 0.6 is 0 Å². The van der Waals surface area contributed by atoms with Gasteiger partial charge < -0.3 is 29.2 Å². The van der Waals surface area contributed by atoms with Gasteiger partial charge in [-0.25, -0.2) is 0 Å². The number of aliphatic hydroxyl groups excluding tert-OH is 1. The summed E-state index contributed by atoms with van der Waals surface area (Å²) in [5.74, 6) is -0.00809. The Morgan fingerprint density at radius 2 is 1.83 bits per heavy atom. The van der Waals surface area contributed by atoms with Crippen LogP contribution in [0.5, 0.6) is 17.2 Å². The fourth-order valence-corrected chi connectivity index (χ4v) is 3.11. The van der Waals surface area contributed by atoms with Crippen LogP contribution in [0.4, 0.5) is 0 Å². The zero-order valence-corrected chi connectivity index (χ0v) is 16.2. The first kappa shape index (κ1) is 20.3. The lowest BCUT2D eigenvalue weighted by molar-refractivity contribution is -0.141. The number of phenolic OH excluding ortho intramolecular Hbond substituents is 1. The molecule has 0 spiro atoms. The molecule has 3 rings (SSSR count). The van der Waals surface area contributed by atoms with Gasteiger partial charge in [0.05, 0.1) is 13.5 Å². The highest BCUT2D eigenvalue weighted by molar-refractivity contribution is 5.86. The smallest absolute Gasteiger partial charge is 0.310 e. The largest absolute Gasteiger partial charge is 0.507 e. The van der Waals surface area contributed by atoms with Crippen molar-refractivity contribution in [1.29, 1.82) is 0 Å². The quantitative estimate of drug-likeness (QED) is 0.585. The number of rotatable bonds is 5. The summed E-state index contributed by atoms with van der Waals surface area (Å²) in [5.41, 5.74) is 1.45. The summed E-state index contributed by atoms with van der Waals surface area (Å²) in [5, 5.41) is 21.8. The summed E-state index contributed by atoms with van der Waals surface area (Å²) in [7, 11) is 2.94. The van der Waals surface area contributed by atoms with Crippen molar-refractivity contribution < 1.29 is 34.0 Å². The monoisotopic (exact) mass is 398 g/mol. The lowest BCUT2D eigenvalue weighted by Gasteiger charge is -2.12. The Morgan fingerprint density at radius 3 is 2.48 bits per heavy atom. The Balaban J connectivity index is 2.36. The molecule has 0 atom stereocenters. The topological polar surface area (TPSA) is 94.5 Å². The standard InChI is InChI=1S/C22H22O7/c1-13-11-28-19(24)10-17(14-4-6-15(7-5-14)29-12-26-2)20-16(21(13)25)8-9-18(23)22(20)27-3/h4-9,23,25H,1,10-12H2,2-3H3/b20-17-,21-16+. The van der Waals surface area contributed by atoms with Gasteiger partial charge in [0, 0.05) is 23.1 Å². The number of hydrogen-bond acceptors (Lipinski definition) is 7. The van der Waals surface area contributed by atoms with E-state index in [0.29, 0.717) is 27.3 Å². The average molecular weight is 398 g/mol. The number of fused-ring (bicyclic) bond motifs is 1. The van der Waals surface area contributed by atoms with Gasteiger partial charge in [0.1, 0.15) is 18.1 Å². The predicted molar refractivity (Wildman–Crippen MR) is 106 cm³/mol. The van der Waals surface area contributed by atoms with Crippen molar-refractivity contribution in [3.05, 3.63) is 64.6 Å². The molecular weight excluding hydrogens is 376 g/mol. The van der Waals surface area contributed by atoms with E-state index in [1.54, 1.807) is 30.3 Å². The third-order valence-electron chi connectivity index (χ3n) is 4.51. The molecule has 0 aromatic heterocycles. The SMILES string of the molecule is C=C1COC(=O)C/C(c2ccc(OCOC)cc2)=c2/c(OC)c(O)cc/c2=C/1O. The lowest BCUT2D eigenvalue weighted by atomic mass is 9.97. The Labute approximate surface area is 167 Å². The van der Waals surface area contributed by atoms with Gasteiger partial charge in [0.15, 0.2) is 18.3 Å². The molecule has 1 aliphatic heterocycles. The van der Waals surface area contributed by atoms with Gasteiger partial charge in [-0.15, -0.1) is 0 Å². The molecule has 0 saturated heterocycles. The number of carbonyl (C=O) groups is 1. The minimum atomic E-state index is -0.494. The number of benzene rings is 2. The second kappa shape index (κ2) is 8.70. The predicted octanol–water partition coefficient (Wildman–Crippen LogP) is 1.75. The fourth-order valence-electron chi connectivity index (χ4n) is 3.11. The van der Waals surface area contributed by atoms with Gasteiger partial charge in [-0.3, -0.25) is 4.79 Å². The summed E-state index contributed by atoms with van der Waals surface area (Å²) in [6, 6.07) is 9.98. The van der Waals surface area contributed by atoms with E-state index in [9.17, 15) is 15.0 Å². The Kier molecular flexibility index (Phi) is 6.09. The fraction of sp³-hybridized carbons (Fsp3) is 0.227. The second-order valence-corrected chi connectivity index (χ2v) is 6.38. The minimum Gasteiger partial charge on any atom is -0.507 e. The molecular formula is C22H22O7. The van der Waals surface area contributed by atoms with E-state index in [4.69, 9.17) is 18.9 Å². The Hall–Kier alpha value is -3.45. The molecule has 2 N–H and O–H groups in total. The zero-order chi connectivity index (χ0) is 21.0. The molecule has 0 unspecified atom stereocenters. The maximum atomic E-state index is 12.4. The van der Waals surface area contributed by atoms with E-state index >= 15 is 0 Å². The maximum Gasteiger partial charge on any atom is 0.310 e. The van der Waals surface area contributed by atoms with Gasteiger partial charge in [0.2, 0.25) is 0 Å². The summed E-state index contributed by atoms with van der Waals surface area (Å²) in [6.45, 7) is 3.76. The molecule has 7 heteroatoms. The van der Waals surface area contributed by atoms with E-state index < -0.39 is 5.97 Å². The van der Waals surface area contributed by atoms with Crippen LogP contribution in [0.2, 0.25) is 0 Å².